The highest BCUT2D eigenvalue weighted by atomic mass is 79.9. The lowest BCUT2D eigenvalue weighted by molar-refractivity contribution is -0.121. The number of nitrogen functional groups attached to an aromatic ring is 1. The van der Waals surface area contributed by atoms with Crippen molar-refractivity contribution in [2.24, 2.45) is 0 Å². The predicted molar refractivity (Wildman–Crippen MR) is 77.5 cm³/mol. The first-order valence-corrected chi connectivity index (χ1v) is 6.89. The van der Waals surface area contributed by atoms with Crippen molar-refractivity contribution in [3.05, 3.63) is 22.2 Å². The maximum absolute atomic E-state index is 11.8. The Morgan fingerprint density at radius 3 is 2.78 bits per heavy atom. The molecule has 2 rings (SSSR count). The maximum Gasteiger partial charge on any atom is 0.242 e. The lowest BCUT2D eigenvalue weighted by Gasteiger charge is -2.17. The quantitative estimate of drug-likeness (QED) is 0.748. The fourth-order valence-corrected chi connectivity index (χ4v) is 2.14. The van der Waals surface area contributed by atoms with Gasteiger partial charge in [-0.15, -0.1) is 0 Å². The number of hydrogen-bond acceptors (Lipinski definition) is 3. The van der Waals surface area contributed by atoms with Gasteiger partial charge in [0.2, 0.25) is 5.91 Å². The molecule has 1 saturated carbocycles. The highest BCUT2D eigenvalue weighted by Crippen LogP contribution is 2.28. The van der Waals surface area contributed by atoms with Gasteiger partial charge in [0.05, 0.1) is 0 Å². The first kappa shape index (κ1) is 13.2. The number of carbonyl (C=O) groups is 1. The van der Waals surface area contributed by atoms with E-state index in [4.69, 9.17) is 5.73 Å². The molecule has 4 nitrogen and oxygen atoms in total. The normalized spacial score (nSPS) is 16.2. The fourth-order valence-electron chi connectivity index (χ4n) is 1.66. The van der Waals surface area contributed by atoms with E-state index in [1.807, 2.05) is 26.0 Å². The van der Waals surface area contributed by atoms with Crippen LogP contribution in [0.15, 0.2) is 16.6 Å². The lowest BCUT2D eigenvalue weighted by Crippen LogP contribution is -2.38. The molecule has 1 unspecified atom stereocenters. The van der Waals surface area contributed by atoms with Crippen LogP contribution in [0.5, 0.6) is 0 Å². The molecule has 0 radical (unpaired) electrons. The Balaban J connectivity index is 2.03. The zero-order chi connectivity index (χ0) is 13.3. The number of anilines is 2. The zero-order valence-electron chi connectivity index (χ0n) is 10.6. The highest BCUT2D eigenvalue weighted by molar-refractivity contribution is 9.10. The third-order valence-corrected chi connectivity index (χ3v) is 3.70. The summed E-state index contributed by atoms with van der Waals surface area (Å²) in [6, 6.07) is 3.92. The molecule has 1 aromatic carbocycles. The van der Waals surface area contributed by atoms with Crippen molar-refractivity contribution in [2.75, 3.05) is 11.1 Å². The zero-order valence-corrected chi connectivity index (χ0v) is 12.2. The van der Waals surface area contributed by atoms with Crippen LogP contribution in [0.1, 0.15) is 25.3 Å². The number of benzene rings is 1. The van der Waals surface area contributed by atoms with Gasteiger partial charge in [-0.2, -0.15) is 0 Å². The monoisotopic (exact) mass is 311 g/mol. The summed E-state index contributed by atoms with van der Waals surface area (Å²) in [6.45, 7) is 3.80. The third kappa shape index (κ3) is 3.16. The van der Waals surface area contributed by atoms with Crippen LogP contribution in [0.3, 0.4) is 0 Å². The van der Waals surface area contributed by atoms with E-state index in [-0.39, 0.29) is 11.9 Å². The summed E-state index contributed by atoms with van der Waals surface area (Å²) in [5, 5.41) is 6.17. The van der Waals surface area contributed by atoms with Crippen molar-refractivity contribution >= 4 is 33.2 Å². The van der Waals surface area contributed by atoms with Crippen LogP contribution in [-0.2, 0) is 4.79 Å². The van der Waals surface area contributed by atoms with E-state index < -0.39 is 0 Å². The van der Waals surface area contributed by atoms with Gasteiger partial charge in [0, 0.05) is 21.9 Å². The van der Waals surface area contributed by atoms with Gasteiger partial charge < -0.3 is 16.4 Å². The van der Waals surface area contributed by atoms with Gasteiger partial charge in [0.15, 0.2) is 0 Å². The average Bonchev–Trinajstić information content (AvgIpc) is 3.09. The largest absolute Gasteiger partial charge is 0.398 e. The molecule has 0 aliphatic heterocycles. The second kappa shape index (κ2) is 5.18. The van der Waals surface area contributed by atoms with E-state index in [0.717, 1.165) is 34.3 Å². The molecule has 0 heterocycles. The van der Waals surface area contributed by atoms with Gasteiger partial charge >= 0.3 is 0 Å². The van der Waals surface area contributed by atoms with Crippen molar-refractivity contribution < 1.29 is 4.79 Å². The molecule has 0 bridgehead atoms. The summed E-state index contributed by atoms with van der Waals surface area (Å²) in [5.74, 6) is 0.0406. The van der Waals surface area contributed by atoms with E-state index >= 15 is 0 Å². The van der Waals surface area contributed by atoms with Gasteiger partial charge in [-0.05, 0) is 60.3 Å². The second-order valence-corrected chi connectivity index (χ2v) is 5.69. The molecule has 5 heteroatoms. The Kier molecular flexibility index (Phi) is 3.80. The third-order valence-electron chi connectivity index (χ3n) is 3.04. The maximum atomic E-state index is 11.8. The minimum atomic E-state index is -0.259. The van der Waals surface area contributed by atoms with Crippen molar-refractivity contribution in [1.29, 1.82) is 0 Å². The van der Waals surface area contributed by atoms with E-state index in [9.17, 15) is 4.79 Å². The van der Waals surface area contributed by atoms with Gasteiger partial charge in [0.1, 0.15) is 6.04 Å². The van der Waals surface area contributed by atoms with Crippen LogP contribution >= 0.6 is 15.9 Å². The number of amides is 1. The topological polar surface area (TPSA) is 67.2 Å². The van der Waals surface area contributed by atoms with Crippen LogP contribution in [0.25, 0.3) is 0 Å². The van der Waals surface area contributed by atoms with Crippen LogP contribution < -0.4 is 16.4 Å². The molecule has 98 valence electrons. The number of carbonyl (C=O) groups excluding carboxylic acids is 1. The molecule has 0 saturated heterocycles. The smallest absolute Gasteiger partial charge is 0.242 e. The Hall–Kier alpha value is -1.23. The van der Waals surface area contributed by atoms with E-state index in [1.165, 1.54) is 0 Å². The van der Waals surface area contributed by atoms with Crippen LogP contribution in [0.4, 0.5) is 11.4 Å². The molecule has 0 spiro atoms. The Morgan fingerprint density at radius 2 is 2.17 bits per heavy atom. The molecule has 1 fully saturated rings. The number of halogens is 1. The van der Waals surface area contributed by atoms with Gasteiger partial charge in [-0.25, -0.2) is 0 Å². The van der Waals surface area contributed by atoms with E-state index in [1.54, 1.807) is 0 Å². The number of hydrogen-bond donors (Lipinski definition) is 3. The van der Waals surface area contributed by atoms with Gasteiger partial charge in [0.25, 0.3) is 0 Å². The number of aryl methyl sites for hydroxylation is 1. The predicted octanol–water partition coefficient (Wildman–Crippen LogP) is 2.42. The molecule has 1 aliphatic carbocycles. The Morgan fingerprint density at radius 1 is 1.50 bits per heavy atom. The number of nitrogens with two attached hydrogens (primary N) is 1. The summed E-state index contributed by atoms with van der Waals surface area (Å²) in [6.07, 6.45) is 2.20. The molecule has 1 aromatic rings. The first-order valence-electron chi connectivity index (χ1n) is 6.10. The highest BCUT2D eigenvalue weighted by Gasteiger charge is 2.25. The Labute approximate surface area is 115 Å². The van der Waals surface area contributed by atoms with E-state index in [0.29, 0.717) is 6.04 Å². The standard InChI is InChI=1S/C13H18BrN3O/c1-7-5-12(10(14)6-11(7)15)16-8(2)13(18)17-9-3-4-9/h5-6,8-9,16H,3-4,15H2,1-2H3,(H,17,18). The minimum absolute atomic E-state index is 0.0406. The molecule has 1 aliphatic rings. The fraction of sp³-hybridized carbons (Fsp3) is 0.462. The van der Waals surface area contributed by atoms with Crippen molar-refractivity contribution in [1.82, 2.24) is 5.32 Å². The molecule has 1 amide bonds. The molecule has 4 N–H and O–H groups in total. The summed E-state index contributed by atoms with van der Waals surface area (Å²) in [4.78, 5) is 11.8. The van der Waals surface area contributed by atoms with Gasteiger partial charge in [-0.3, -0.25) is 4.79 Å². The summed E-state index contributed by atoms with van der Waals surface area (Å²) >= 11 is 3.45. The van der Waals surface area contributed by atoms with Crippen LogP contribution in [0, 0.1) is 6.92 Å². The van der Waals surface area contributed by atoms with Crippen LogP contribution in [0.2, 0.25) is 0 Å². The van der Waals surface area contributed by atoms with Crippen molar-refractivity contribution in [3.63, 3.8) is 0 Å². The second-order valence-electron chi connectivity index (χ2n) is 4.84. The molecule has 18 heavy (non-hydrogen) atoms. The van der Waals surface area contributed by atoms with Crippen molar-refractivity contribution in [3.8, 4) is 0 Å². The Bertz CT molecular complexity index is 472. The molecular weight excluding hydrogens is 294 g/mol. The lowest BCUT2D eigenvalue weighted by atomic mass is 10.1. The SMILES string of the molecule is Cc1cc(NC(C)C(=O)NC2CC2)c(Br)cc1N. The molecular formula is C13H18BrN3O. The number of nitrogens with one attached hydrogen (secondary N) is 2. The summed E-state index contributed by atoms with van der Waals surface area (Å²) in [7, 11) is 0. The molecule has 1 atom stereocenters. The average molecular weight is 312 g/mol. The van der Waals surface area contributed by atoms with Crippen LogP contribution in [-0.4, -0.2) is 18.0 Å². The summed E-state index contributed by atoms with van der Waals surface area (Å²) in [5.41, 5.74) is 8.44. The van der Waals surface area contributed by atoms with Crippen molar-refractivity contribution in [2.45, 2.75) is 38.8 Å². The molecule has 0 aromatic heterocycles. The number of rotatable bonds is 4. The first-order chi connectivity index (χ1) is 8.47. The van der Waals surface area contributed by atoms with E-state index in [2.05, 4.69) is 26.6 Å². The minimum Gasteiger partial charge on any atom is -0.398 e. The summed E-state index contributed by atoms with van der Waals surface area (Å²) < 4.78 is 0.872. The van der Waals surface area contributed by atoms with Gasteiger partial charge in [-0.1, -0.05) is 0 Å².